The number of hydrogen-bond donors (Lipinski definition) is 1. The predicted octanol–water partition coefficient (Wildman–Crippen LogP) is 2.85. The third kappa shape index (κ3) is 4.18. The molecule has 3 rings (SSSR count). The van der Waals surface area contributed by atoms with Crippen molar-refractivity contribution in [1.82, 2.24) is 9.88 Å². The molecular formula is C18H15F3N2O4. The molecule has 1 aromatic carbocycles. The molecule has 0 aliphatic carbocycles. The van der Waals surface area contributed by atoms with E-state index in [1.807, 2.05) is 6.07 Å². The molecule has 142 valence electrons. The number of aromatic nitrogens is 1. The van der Waals surface area contributed by atoms with Crippen LogP contribution in [0.4, 0.5) is 13.2 Å². The molecule has 1 N–H and O–H groups in total. The highest BCUT2D eigenvalue weighted by Gasteiger charge is 2.36. The predicted molar refractivity (Wildman–Crippen MR) is 87.3 cm³/mol. The van der Waals surface area contributed by atoms with Crippen molar-refractivity contribution in [3.63, 3.8) is 0 Å². The highest BCUT2D eigenvalue weighted by molar-refractivity contribution is 5.97. The van der Waals surface area contributed by atoms with E-state index in [-0.39, 0.29) is 18.0 Å². The van der Waals surface area contributed by atoms with Crippen LogP contribution >= 0.6 is 0 Å². The second-order valence-electron chi connectivity index (χ2n) is 5.98. The highest BCUT2D eigenvalue weighted by atomic mass is 19.4. The van der Waals surface area contributed by atoms with Gasteiger partial charge in [0.2, 0.25) is 5.88 Å². The summed E-state index contributed by atoms with van der Waals surface area (Å²) < 4.78 is 41.0. The number of amides is 1. The van der Waals surface area contributed by atoms with E-state index >= 15 is 0 Å². The fraction of sp³-hybridized carbons (Fsp3) is 0.278. The van der Waals surface area contributed by atoms with Crippen LogP contribution in [0.5, 0.6) is 5.88 Å². The Morgan fingerprint density at radius 2 is 1.96 bits per heavy atom. The van der Waals surface area contributed by atoms with Crippen molar-refractivity contribution in [2.24, 2.45) is 0 Å². The number of carbonyl (C=O) groups excluding carboxylic acids is 1. The van der Waals surface area contributed by atoms with Gasteiger partial charge in [0.25, 0.3) is 5.91 Å². The minimum Gasteiger partial charge on any atom is -0.479 e. The maximum atomic E-state index is 12.8. The minimum absolute atomic E-state index is 0.0694. The third-order valence-corrected chi connectivity index (χ3v) is 4.15. The molecule has 0 spiro atoms. The van der Waals surface area contributed by atoms with Crippen LogP contribution in [-0.4, -0.2) is 46.2 Å². The van der Waals surface area contributed by atoms with Crippen molar-refractivity contribution < 1.29 is 32.6 Å². The fourth-order valence-corrected chi connectivity index (χ4v) is 2.97. The zero-order chi connectivity index (χ0) is 19.6. The van der Waals surface area contributed by atoms with Gasteiger partial charge in [-0.2, -0.15) is 13.2 Å². The molecule has 0 saturated heterocycles. The van der Waals surface area contributed by atoms with Gasteiger partial charge in [-0.25, -0.2) is 9.78 Å². The molecule has 9 heteroatoms. The van der Waals surface area contributed by atoms with Gasteiger partial charge in [-0.1, -0.05) is 24.3 Å². The maximum absolute atomic E-state index is 12.8. The summed E-state index contributed by atoms with van der Waals surface area (Å²) in [5, 5.41) is 9.61. The van der Waals surface area contributed by atoms with Crippen molar-refractivity contribution in [3.05, 3.63) is 59.3 Å². The molecule has 0 radical (unpaired) electrons. The van der Waals surface area contributed by atoms with E-state index in [0.29, 0.717) is 12.0 Å². The first-order valence-electron chi connectivity index (χ1n) is 8.03. The van der Waals surface area contributed by atoms with Crippen LogP contribution in [0.15, 0.2) is 42.6 Å². The largest absolute Gasteiger partial charge is 0.479 e. The van der Waals surface area contributed by atoms with Crippen molar-refractivity contribution in [2.75, 3.05) is 13.2 Å². The first kappa shape index (κ1) is 18.7. The zero-order valence-corrected chi connectivity index (χ0v) is 13.9. The number of alkyl halides is 3. The number of ether oxygens (including phenoxy) is 1. The second kappa shape index (κ2) is 7.26. The van der Waals surface area contributed by atoms with Crippen LogP contribution in [0.1, 0.15) is 27.5 Å². The van der Waals surface area contributed by atoms with Crippen LogP contribution in [0.3, 0.4) is 0 Å². The molecule has 0 bridgehead atoms. The van der Waals surface area contributed by atoms with Gasteiger partial charge < -0.3 is 14.7 Å². The molecule has 0 saturated carbocycles. The summed E-state index contributed by atoms with van der Waals surface area (Å²) in [5.41, 5.74) is 1.48. The number of carboxylic acid groups (broad SMARTS) is 1. The Kier molecular flexibility index (Phi) is 5.02. The van der Waals surface area contributed by atoms with Crippen molar-refractivity contribution in [1.29, 1.82) is 0 Å². The van der Waals surface area contributed by atoms with Gasteiger partial charge in [0.1, 0.15) is 0 Å². The van der Waals surface area contributed by atoms with Crippen molar-refractivity contribution >= 4 is 11.9 Å². The van der Waals surface area contributed by atoms with Gasteiger partial charge in [-0.05, 0) is 23.6 Å². The van der Waals surface area contributed by atoms with E-state index < -0.39 is 30.7 Å². The van der Waals surface area contributed by atoms with Gasteiger partial charge in [-0.3, -0.25) is 4.79 Å². The van der Waals surface area contributed by atoms with Crippen LogP contribution in [-0.2, 0) is 11.2 Å². The fourth-order valence-electron chi connectivity index (χ4n) is 2.97. The van der Waals surface area contributed by atoms with Crippen LogP contribution in [0, 0.1) is 0 Å². The summed E-state index contributed by atoms with van der Waals surface area (Å²) in [6.07, 6.45) is -2.91. The summed E-state index contributed by atoms with van der Waals surface area (Å²) in [5.74, 6) is -2.00. The lowest BCUT2D eigenvalue weighted by atomic mass is 9.92. The van der Waals surface area contributed by atoms with E-state index in [1.54, 1.807) is 18.2 Å². The number of fused-ring (bicyclic) bond motifs is 1. The van der Waals surface area contributed by atoms with Crippen LogP contribution in [0.2, 0.25) is 0 Å². The van der Waals surface area contributed by atoms with Gasteiger partial charge in [0.05, 0.1) is 5.56 Å². The van der Waals surface area contributed by atoms with E-state index in [2.05, 4.69) is 9.72 Å². The number of rotatable bonds is 4. The first-order valence-corrected chi connectivity index (χ1v) is 8.03. The summed E-state index contributed by atoms with van der Waals surface area (Å²) in [6, 6.07) is 8.27. The number of benzene rings is 1. The van der Waals surface area contributed by atoms with Gasteiger partial charge in [0, 0.05) is 18.8 Å². The monoisotopic (exact) mass is 380 g/mol. The van der Waals surface area contributed by atoms with Gasteiger partial charge in [-0.15, -0.1) is 0 Å². The molecule has 1 amide bonds. The Morgan fingerprint density at radius 3 is 2.59 bits per heavy atom. The van der Waals surface area contributed by atoms with Crippen molar-refractivity contribution in [2.45, 2.75) is 18.6 Å². The molecule has 2 heterocycles. The average molecular weight is 380 g/mol. The molecule has 1 aromatic heterocycles. The molecular weight excluding hydrogens is 365 g/mol. The third-order valence-electron chi connectivity index (χ3n) is 4.15. The second-order valence-corrected chi connectivity index (χ2v) is 5.98. The lowest BCUT2D eigenvalue weighted by molar-refractivity contribution is -0.154. The number of halogens is 3. The standard InChI is InChI=1S/C18H15F3N2O4/c19-18(20,21)10-27-14-6-5-12(9-22-14)16(24)23-8-7-11-3-1-2-4-13(11)15(23)17(25)26/h1-6,9,15H,7-8,10H2,(H,25,26). The number of hydrogen-bond acceptors (Lipinski definition) is 4. The molecule has 27 heavy (non-hydrogen) atoms. The Labute approximate surface area is 152 Å². The Hall–Kier alpha value is -3.10. The quantitative estimate of drug-likeness (QED) is 0.882. The Balaban J connectivity index is 1.80. The molecule has 1 atom stereocenters. The summed E-state index contributed by atoms with van der Waals surface area (Å²) >= 11 is 0. The van der Waals surface area contributed by atoms with Gasteiger partial charge >= 0.3 is 12.1 Å². The Bertz CT molecular complexity index is 852. The topological polar surface area (TPSA) is 79.7 Å². The lowest BCUT2D eigenvalue weighted by Crippen LogP contribution is -2.43. The van der Waals surface area contributed by atoms with Crippen LogP contribution in [0.25, 0.3) is 0 Å². The number of carboxylic acids is 1. The normalized spacial score (nSPS) is 16.6. The van der Waals surface area contributed by atoms with Crippen LogP contribution < -0.4 is 4.74 Å². The molecule has 2 aromatic rings. The number of carbonyl (C=O) groups is 2. The molecule has 1 aliphatic heterocycles. The van der Waals surface area contributed by atoms with E-state index in [4.69, 9.17) is 0 Å². The number of nitrogens with zero attached hydrogens (tertiary/aromatic N) is 2. The molecule has 1 aliphatic rings. The summed E-state index contributed by atoms with van der Waals surface area (Å²) in [4.78, 5) is 29.4. The Morgan fingerprint density at radius 1 is 1.22 bits per heavy atom. The van der Waals surface area contributed by atoms with Gasteiger partial charge in [0.15, 0.2) is 12.6 Å². The number of aliphatic carboxylic acids is 1. The molecule has 6 nitrogen and oxygen atoms in total. The lowest BCUT2D eigenvalue weighted by Gasteiger charge is -2.34. The van der Waals surface area contributed by atoms with Crippen molar-refractivity contribution in [3.8, 4) is 5.88 Å². The van der Waals surface area contributed by atoms with E-state index in [1.165, 1.54) is 11.0 Å². The first-order chi connectivity index (χ1) is 12.8. The highest BCUT2D eigenvalue weighted by Crippen LogP contribution is 2.31. The summed E-state index contributed by atoms with van der Waals surface area (Å²) in [7, 11) is 0. The summed E-state index contributed by atoms with van der Waals surface area (Å²) in [6.45, 7) is -1.28. The minimum atomic E-state index is -4.49. The van der Waals surface area contributed by atoms with E-state index in [0.717, 1.165) is 17.8 Å². The average Bonchev–Trinajstić information content (AvgIpc) is 2.64. The molecule has 0 fully saturated rings. The SMILES string of the molecule is O=C(O)C1c2ccccc2CCN1C(=O)c1ccc(OCC(F)(F)F)nc1. The smallest absolute Gasteiger partial charge is 0.422 e. The van der Waals surface area contributed by atoms with E-state index in [9.17, 15) is 27.9 Å². The zero-order valence-electron chi connectivity index (χ0n) is 13.9. The molecule has 1 unspecified atom stereocenters. The number of pyridine rings is 1. The maximum Gasteiger partial charge on any atom is 0.422 e.